The molecule has 1 amide bonds. The van der Waals surface area contributed by atoms with E-state index in [9.17, 15) is 9.59 Å². The molecule has 31 heavy (non-hydrogen) atoms. The zero-order valence-corrected chi connectivity index (χ0v) is 18.1. The SMILES string of the molecule is CCOc1ccc(C2CC(=O)C3=C(C2)NC(=O)CC3c2ccc(OC)cc2)cc1OC. The number of benzene rings is 2. The summed E-state index contributed by atoms with van der Waals surface area (Å²) in [5, 5.41) is 2.97. The Morgan fingerprint density at radius 3 is 2.32 bits per heavy atom. The molecule has 0 fully saturated rings. The number of allylic oxidation sites excluding steroid dienone is 2. The number of hydrogen-bond donors (Lipinski definition) is 1. The first kappa shape index (κ1) is 21.0. The Morgan fingerprint density at radius 2 is 1.65 bits per heavy atom. The van der Waals surface area contributed by atoms with Crippen molar-refractivity contribution in [3.63, 3.8) is 0 Å². The zero-order chi connectivity index (χ0) is 22.0. The third kappa shape index (κ3) is 4.15. The van der Waals surface area contributed by atoms with Crippen molar-refractivity contribution >= 4 is 11.7 Å². The van der Waals surface area contributed by atoms with Crippen LogP contribution in [0.5, 0.6) is 17.2 Å². The Balaban J connectivity index is 1.65. The van der Waals surface area contributed by atoms with Gasteiger partial charge in [-0.3, -0.25) is 9.59 Å². The molecule has 0 spiro atoms. The normalized spacial score (nSPS) is 20.7. The van der Waals surface area contributed by atoms with Crippen LogP contribution < -0.4 is 19.5 Å². The van der Waals surface area contributed by atoms with Gasteiger partial charge in [0.05, 0.1) is 20.8 Å². The maximum absolute atomic E-state index is 13.3. The lowest BCUT2D eigenvalue weighted by Gasteiger charge is -2.34. The fraction of sp³-hybridized carbons (Fsp3) is 0.360. The summed E-state index contributed by atoms with van der Waals surface area (Å²) in [5.74, 6) is 1.86. The molecule has 1 N–H and O–H groups in total. The molecule has 1 aliphatic heterocycles. The first-order chi connectivity index (χ1) is 15.0. The molecule has 6 heteroatoms. The van der Waals surface area contributed by atoms with Gasteiger partial charge in [-0.1, -0.05) is 18.2 Å². The van der Waals surface area contributed by atoms with Gasteiger partial charge in [-0.2, -0.15) is 0 Å². The van der Waals surface area contributed by atoms with E-state index in [2.05, 4.69) is 5.32 Å². The van der Waals surface area contributed by atoms with Crippen LogP contribution in [0.3, 0.4) is 0 Å². The molecule has 0 bridgehead atoms. The fourth-order valence-electron chi connectivity index (χ4n) is 4.53. The third-order valence-corrected chi connectivity index (χ3v) is 6.01. The molecule has 0 saturated carbocycles. The molecule has 162 valence electrons. The van der Waals surface area contributed by atoms with E-state index in [4.69, 9.17) is 14.2 Å². The summed E-state index contributed by atoms with van der Waals surface area (Å²) in [6.07, 6.45) is 1.29. The molecule has 0 radical (unpaired) electrons. The first-order valence-corrected chi connectivity index (χ1v) is 10.5. The van der Waals surface area contributed by atoms with Crippen LogP contribution in [0.2, 0.25) is 0 Å². The van der Waals surface area contributed by atoms with Crippen LogP contribution in [0.4, 0.5) is 0 Å². The van der Waals surface area contributed by atoms with E-state index in [-0.39, 0.29) is 29.9 Å². The minimum absolute atomic E-state index is 0.0225. The van der Waals surface area contributed by atoms with E-state index in [1.165, 1.54) is 0 Å². The first-order valence-electron chi connectivity index (χ1n) is 10.5. The van der Waals surface area contributed by atoms with Crippen molar-refractivity contribution in [3.8, 4) is 17.2 Å². The summed E-state index contributed by atoms with van der Waals surface area (Å²) in [7, 11) is 3.22. The number of rotatable bonds is 6. The van der Waals surface area contributed by atoms with Gasteiger partial charge >= 0.3 is 0 Å². The monoisotopic (exact) mass is 421 g/mol. The van der Waals surface area contributed by atoms with Gasteiger partial charge in [0.15, 0.2) is 17.3 Å². The fourth-order valence-corrected chi connectivity index (χ4v) is 4.53. The summed E-state index contributed by atoms with van der Waals surface area (Å²) in [6, 6.07) is 13.4. The largest absolute Gasteiger partial charge is 0.497 e. The topological polar surface area (TPSA) is 73.9 Å². The standard InChI is InChI=1S/C25H27NO5/c1-4-31-22-10-7-16(13-23(22)30-3)17-11-20-25(21(27)12-17)19(14-24(28)26-20)15-5-8-18(29-2)9-6-15/h5-10,13,17,19H,4,11-12,14H2,1-3H3,(H,26,28). The lowest BCUT2D eigenvalue weighted by atomic mass is 9.73. The smallest absolute Gasteiger partial charge is 0.225 e. The number of ketones is 1. The summed E-state index contributed by atoms with van der Waals surface area (Å²) < 4.78 is 16.3. The van der Waals surface area contributed by atoms with Gasteiger partial charge in [0.1, 0.15) is 5.75 Å². The van der Waals surface area contributed by atoms with E-state index >= 15 is 0 Å². The average molecular weight is 421 g/mol. The highest BCUT2D eigenvalue weighted by Gasteiger charge is 2.38. The number of carbonyl (C=O) groups is 2. The summed E-state index contributed by atoms with van der Waals surface area (Å²) in [6.45, 7) is 2.47. The number of ether oxygens (including phenoxy) is 3. The van der Waals surface area contributed by atoms with Gasteiger partial charge in [-0.15, -0.1) is 0 Å². The molecule has 1 heterocycles. The Morgan fingerprint density at radius 1 is 0.903 bits per heavy atom. The molecule has 2 atom stereocenters. The van der Waals surface area contributed by atoms with Crippen LogP contribution in [-0.4, -0.2) is 32.5 Å². The van der Waals surface area contributed by atoms with E-state index in [0.29, 0.717) is 30.9 Å². The Kier molecular flexibility index (Phi) is 5.98. The van der Waals surface area contributed by atoms with Crippen LogP contribution >= 0.6 is 0 Å². The third-order valence-electron chi connectivity index (χ3n) is 6.01. The predicted molar refractivity (Wildman–Crippen MR) is 117 cm³/mol. The molecular formula is C25H27NO5. The zero-order valence-electron chi connectivity index (χ0n) is 18.1. The number of amides is 1. The Labute approximate surface area is 182 Å². The summed E-state index contributed by atoms with van der Waals surface area (Å²) in [5.41, 5.74) is 3.43. The van der Waals surface area contributed by atoms with Crippen molar-refractivity contribution in [2.45, 2.75) is 38.0 Å². The highest BCUT2D eigenvalue weighted by molar-refractivity contribution is 6.02. The average Bonchev–Trinajstić information content (AvgIpc) is 2.78. The summed E-state index contributed by atoms with van der Waals surface area (Å²) >= 11 is 0. The molecule has 2 aromatic carbocycles. The maximum atomic E-state index is 13.3. The maximum Gasteiger partial charge on any atom is 0.225 e. The van der Waals surface area contributed by atoms with Crippen LogP contribution in [0.15, 0.2) is 53.7 Å². The van der Waals surface area contributed by atoms with E-state index in [1.54, 1.807) is 14.2 Å². The van der Waals surface area contributed by atoms with E-state index in [1.807, 2.05) is 49.4 Å². The van der Waals surface area contributed by atoms with Crippen molar-refractivity contribution in [3.05, 3.63) is 64.9 Å². The second-order valence-corrected chi connectivity index (χ2v) is 7.84. The number of hydrogen-bond acceptors (Lipinski definition) is 5. The van der Waals surface area contributed by atoms with Gasteiger partial charge in [-0.05, 0) is 54.7 Å². The van der Waals surface area contributed by atoms with Crippen LogP contribution in [0, 0.1) is 0 Å². The number of Topliss-reactive ketones (excluding diaryl/α,β-unsaturated/α-hetero) is 1. The highest BCUT2D eigenvalue weighted by Crippen LogP contribution is 2.44. The van der Waals surface area contributed by atoms with Crippen molar-refractivity contribution in [2.24, 2.45) is 0 Å². The van der Waals surface area contributed by atoms with E-state index < -0.39 is 0 Å². The van der Waals surface area contributed by atoms with Crippen molar-refractivity contribution < 1.29 is 23.8 Å². The minimum Gasteiger partial charge on any atom is -0.497 e. The van der Waals surface area contributed by atoms with Crippen LogP contribution in [-0.2, 0) is 9.59 Å². The number of methoxy groups -OCH3 is 2. The number of nitrogens with one attached hydrogen (secondary N) is 1. The number of carbonyl (C=O) groups excluding carboxylic acids is 2. The van der Waals surface area contributed by atoms with Crippen LogP contribution in [0.25, 0.3) is 0 Å². The van der Waals surface area contributed by atoms with Crippen LogP contribution in [0.1, 0.15) is 49.1 Å². The molecule has 0 aromatic heterocycles. The quantitative estimate of drug-likeness (QED) is 0.760. The second kappa shape index (κ2) is 8.84. The second-order valence-electron chi connectivity index (χ2n) is 7.84. The molecular weight excluding hydrogens is 394 g/mol. The molecule has 2 unspecified atom stereocenters. The van der Waals surface area contributed by atoms with Crippen molar-refractivity contribution in [1.29, 1.82) is 0 Å². The molecule has 0 saturated heterocycles. The minimum atomic E-state index is -0.224. The Bertz CT molecular complexity index is 1020. The van der Waals surface area contributed by atoms with Gasteiger partial charge in [0.2, 0.25) is 5.91 Å². The molecule has 2 aromatic rings. The molecule has 2 aliphatic rings. The Hall–Kier alpha value is -3.28. The molecule has 6 nitrogen and oxygen atoms in total. The molecule has 4 rings (SSSR count). The lowest BCUT2D eigenvalue weighted by Crippen LogP contribution is -2.38. The van der Waals surface area contributed by atoms with Gasteiger partial charge in [0, 0.05) is 30.0 Å². The predicted octanol–water partition coefficient (Wildman–Crippen LogP) is 4.11. The van der Waals surface area contributed by atoms with Gasteiger partial charge in [0.25, 0.3) is 0 Å². The van der Waals surface area contributed by atoms with Crippen molar-refractivity contribution in [2.75, 3.05) is 20.8 Å². The van der Waals surface area contributed by atoms with Gasteiger partial charge in [-0.25, -0.2) is 0 Å². The summed E-state index contributed by atoms with van der Waals surface area (Å²) in [4.78, 5) is 25.7. The van der Waals surface area contributed by atoms with E-state index in [0.717, 1.165) is 28.1 Å². The lowest BCUT2D eigenvalue weighted by molar-refractivity contribution is -0.122. The highest BCUT2D eigenvalue weighted by atomic mass is 16.5. The molecule has 1 aliphatic carbocycles. The van der Waals surface area contributed by atoms with Gasteiger partial charge < -0.3 is 19.5 Å². The van der Waals surface area contributed by atoms with Crippen molar-refractivity contribution in [1.82, 2.24) is 5.32 Å².